The Morgan fingerprint density at radius 1 is 0.524 bits per heavy atom. The van der Waals surface area contributed by atoms with Crippen molar-refractivity contribution < 1.29 is 4.74 Å². The van der Waals surface area contributed by atoms with Crippen LogP contribution in [0.25, 0.3) is 0 Å². The van der Waals surface area contributed by atoms with E-state index in [2.05, 4.69) is 20.8 Å². The van der Waals surface area contributed by atoms with Crippen molar-refractivity contribution in [3.05, 3.63) is 0 Å². The third-order valence-electron chi connectivity index (χ3n) is 4.34. The summed E-state index contributed by atoms with van der Waals surface area (Å²) in [6.45, 7) is 7.77. The number of hydrogen-bond acceptors (Lipinski definition) is 1. The lowest BCUT2D eigenvalue weighted by Gasteiger charge is -2.17. The van der Waals surface area contributed by atoms with Gasteiger partial charge in [-0.3, -0.25) is 0 Å². The minimum Gasteiger partial charge on any atom is -0.378 e. The largest absolute Gasteiger partial charge is 0.378 e. The van der Waals surface area contributed by atoms with Crippen molar-refractivity contribution in [3.63, 3.8) is 0 Å². The predicted molar refractivity (Wildman–Crippen MR) is 96.0 cm³/mol. The second kappa shape index (κ2) is 18.0. The van der Waals surface area contributed by atoms with Crippen LogP contribution in [0.3, 0.4) is 0 Å². The van der Waals surface area contributed by atoms with Crippen LogP contribution in [0, 0.1) is 0 Å². The smallest absolute Gasteiger partial charge is 0.0575 e. The predicted octanol–water partition coefficient (Wildman–Crippen LogP) is 7.28. The molecule has 0 bridgehead atoms. The standard InChI is InChI=1S/C20H42O/c1-4-7-9-10-11-12-13-14-15-16-18-20(17-6-3)21-19-8-5-2/h20H,4-19H2,1-3H3. The summed E-state index contributed by atoms with van der Waals surface area (Å²) in [5.74, 6) is 0. The van der Waals surface area contributed by atoms with Gasteiger partial charge in [-0.1, -0.05) is 97.8 Å². The zero-order valence-corrected chi connectivity index (χ0v) is 15.3. The minimum atomic E-state index is 0.538. The molecule has 21 heavy (non-hydrogen) atoms. The van der Waals surface area contributed by atoms with E-state index in [4.69, 9.17) is 4.74 Å². The Bertz CT molecular complexity index is 179. The first-order chi connectivity index (χ1) is 10.3. The summed E-state index contributed by atoms with van der Waals surface area (Å²) in [6, 6.07) is 0. The lowest BCUT2D eigenvalue weighted by molar-refractivity contribution is 0.0377. The molecule has 1 unspecified atom stereocenters. The molecular weight excluding hydrogens is 256 g/mol. The summed E-state index contributed by atoms with van der Waals surface area (Å²) in [5, 5.41) is 0. The molecule has 0 aromatic rings. The van der Waals surface area contributed by atoms with Gasteiger partial charge in [-0.15, -0.1) is 0 Å². The van der Waals surface area contributed by atoms with Crippen LogP contribution in [-0.4, -0.2) is 12.7 Å². The molecule has 1 nitrogen and oxygen atoms in total. The summed E-state index contributed by atoms with van der Waals surface area (Å²) in [4.78, 5) is 0. The van der Waals surface area contributed by atoms with Crippen LogP contribution in [-0.2, 0) is 4.74 Å². The number of ether oxygens (including phenoxy) is 1. The van der Waals surface area contributed by atoms with Crippen molar-refractivity contribution in [2.75, 3.05) is 6.61 Å². The fraction of sp³-hybridized carbons (Fsp3) is 1.00. The number of rotatable bonds is 17. The fourth-order valence-electron chi connectivity index (χ4n) is 2.89. The molecule has 0 aromatic carbocycles. The molecule has 1 heteroatoms. The van der Waals surface area contributed by atoms with Gasteiger partial charge in [-0.25, -0.2) is 0 Å². The highest BCUT2D eigenvalue weighted by molar-refractivity contribution is 4.58. The van der Waals surface area contributed by atoms with E-state index in [-0.39, 0.29) is 0 Å². The SMILES string of the molecule is CCCCCCCCCCCCC(CCC)OCCCC. The van der Waals surface area contributed by atoms with Crippen molar-refractivity contribution in [3.8, 4) is 0 Å². The van der Waals surface area contributed by atoms with E-state index in [1.807, 2.05) is 0 Å². The van der Waals surface area contributed by atoms with Crippen LogP contribution < -0.4 is 0 Å². The van der Waals surface area contributed by atoms with Crippen molar-refractivity contribution in [2.24, 2.45) is 0 Å². The molecule has 0 aliphatic heterocycles. The van der Waals surface area contributed by atoms with Gasteiger partial charge >= 0.3 is 0 Å². The quantitative estimate of drug-likeness (QED) is 0.256. The van der Waals surface area contributed by atoms with E-state index < -0.39 is 0 Å². The first-order valence-electron chi connectivity index (χ1n) is 9.96. The van der Waals surface area contributed by atoms with Gasteiger partial charge < -0.3 is 4.74 Å². The molecule has 0 heterocycles. The maximum Gasteiger partial charge on any atom is 0.0575 e. The zero-order valence-electron chi connectivity index (χ0n) is 15.3. The number of hydrogen-bond donors (Lipinski definition) is 0. The van der Waals surface area contributed by atoms with Crippen molar-refractivity contribution >= 4 is 0 Å². The van der Waals surface area contributed by atoms with E-state index in [0.29, 0.717) is 6.10 Å². The molecule has 128 valence electrons. The zero-order chi connectivity index (χ0) is 15.6. The third-order valence-corrected chi connectivity index (χ3v) is 4.34. The van der Waals surface area contributed by atoms with Gasteiger partial charge in [0.1, 0.15) is 0 Å². The second-order valence-corrected chi connectivity index (χ2v) is 6.61. The maximum absolute atomic E-state index is 6.01. The molecule has 1 atom stereocenters. The normalized spacial score (nSPS) is 12.7. The summed E-state index contributed by atoms with van der Waals surface area (Å²) < 4.78 is 6.01. The molecule has 0 aliphatic rings. The van der Waals surface area contributed by atoms with Gasteiger partial charge in [-0.05, 0) is 19.3 Å². The van der Waals surface area contributed by atoms with Crippen LogP contribution in [0.2, 0.25) is 0 Å². The molecule has 0 rings (SSSR count). The van der Waals surface area contributed by atoms with Crippen molar-refractivity contribution in [1.82, 2.24) is 0 Å². The molecule has 0 saturated heterocycles. The topological polar surface area (TPSA) is 9.23 Å². The highest BCUT2D eigenvalue weighted by Crippen LogP contribution is 2.15. The molecule has 0 fully saturated rings. The van der Waals surface area contributed by atoms with Crippen LogP contribution >= 0.6 is 0 Å². The van der Waals surface area contributed by atoms with E-state index in [0.717, 1.165) is 6.61 Å². The van der Waals surface area contributed by atoms with Gasteiger partial charge in [0.05, 0.1) is 6.10 Å². The summed E-state index contributed by atoms with van der Waals surface area (Å²) >= 11 is 0. The van der Waals surface area contributed by atoms with Gasteiger partial charge in [-0.2, -0.15) is 0 Å². The highest BCUT2D eigenvalue weighted by atomic mass is 16.5. The highest BCUT2D eigenvalue weighted by Gasteiger charge is 2.07. The molecule has 0 spiro atoms. The Hall–Kier alpha value is -0.0400. The van der Waals surface area contributed by atoms with Crippen molar-refractivity contribution in [2.45, 2.75) is 123 Å². The monoisotopic (exact) mass is 298 g/mol. The summed E-state index contributed by atoms with van der Waals surface area (Å²) in [7, 11) is 0. The average Bonchev–Trinajstić information content (AvgIpc) is 2.49. The van der Waals surface area contributed by atoms with Crippen LogP contribution in [0.5, 0.6) is 0 Å². The fourth-order valence-corrected chi connectivity index (χ4v) is 2.89. The molecule has 0 aliphatic carbocycles. The number of unbranched alkanes of at least 4 members (excludes halogenated alkanes) is 10. The lowest BCUT2D eigenvalue weighted by atomic mass is 10.0. The third kappa shape index (κ3) is 16.2. The lowest BCUT2D eigenvalue weighted by Crippen LogP contribution is -2.13. The van der Waals surface area contributed by atoms with Gasteiger partial charge in [0, 0.05) is 6.61 Å². The molecule has 0 N–H and O–H groups in total. The average molecular weight is 299 g/mol. The summed E-state index contributed by atoms with van der Waals surface area (Å²) in [5.41, 5.74) is 0. The Morgan fingerprint density at radius 3 is 1.57 bits per heavy atom. The van der Waals surface area contributed by atoms with E-state index in [9.17, 15) is 0 Å². The molecular formula is C20H42O. The Morgan fingerprint density at radius 2 is 1.05 bits per heavy atom. The van der Waals surface area contributed by atoms with Gasteiger partial charge in [0.2, 0.25) is 0 Å². The van der Waals surface area contributed by atoms with Gasteiger partial charge in [0.15, 0.2) is 0 Å². The van der Waals surface area contributed by atoms with E-state index in [1.54, 1.807) is 0 Å². The molecule has 0 amide bonds. The van der Waals surface area contributed by atoms with Crippen LogP contribution in [0.4, 0.5) is 0 Å². The Kier molecular flexibility index (Phi) is 18.0. The van der Waals surface area contributed by atoms with Gasteiger partial charge in [0.25, 0.3) is 0 Å². The first-order valence-corrected chi connectivity index (χ1v) is 9.96. The Balaban J connectivity index is 3.32. The Labute approximate surface area is 135 Å². The minimum absolute atomic E-state index is 0.538. The molecule has 0 radical (unpaired) electrons. The van der Waals surface area contributed by atoms with Crippen LogP contribution in [0.15, 0.2) is 0 Å². The second-order valence-electron chi connectivity index (χ2n) is 6.61. The first kappa shape index (κ1) is 21.0. The van der Waals surface area contributed by atoms with Crippen molar-refractivity contribution in [1.29, 1.82) is 0 Å². The van der Waals surface area contributed by atoms with Crippen LogP contribution in [0.1, 0.15) is 117 Å². The summed E-state index contributed by atoms with van der Waals surface area (Å²) in [6.07, 6.45) is 21.1. The van der Waals surface area contributed by atoms with E-state index >= 15 is 0 Å². The molecule has 0 aromatic heterocycles. The molecule has 0 saturated carbocycles. The van der Waals surface area contributed by atoms with E-state index in [1.165, 1.54) is 96.3 Å². The maximum atomic E-state index is 6.01.